The maximum Gasteiger partial charge on any atom is 0.279 e. The fraction of sp³-hybridized carbons (Fsp3) is 0. The number of phenols is 1. The topological polar surface area (TPSA) is 78.4 Å². The number of para-hydroxylation sites is 1. The fourth-order valence-electron chi connectivity index (χ4n) is 1.34. The summed E-state index contributed by atoms with van der Waals surface area (Å²) in [5.41, 5.74) is 4.61. The highest BCUT2D eigenvalue weighted by Gasteiger charge is 2.12. The van der Waals surface area contributed by atoms with Crippen LogP contribution in [0.5, 0.6) is 5.75 Å². The molecule has 0 spiro atoms. The summed E-state index contributed by atoms with van der Waals surface area (Å²) < 4.78 is 0.824. The van der Waals surface area contributed by atoms with E-state index in [1.54, 1.807) is 24.3 Å². The Hall–Kier alpha value is -1.86. The molecule has 0 aliphatic carbocycles. The molecular formula is C12H9BrN2O3S. The molecule has 0 aliphatic heterocycles. The number of halogens is 1. The Labute approximate surface area is 121 Å². The standard InChI is InChI=1S/C12H9BrN2O3S/c13-10-6-5-9(19-10)12(18)15-14-11(17)7-3-1-2-4-8(7)16/h1-6,16H,(H,14,17)(H,15,18). The van der Waals surface area contributed by atoms with E-state index < -0.39 is 11.8 Å². The molecule has 2 amide bonds. The van der Waals surface area contributed by atoms with E-state index in [1.807, 2.05) is 0 Å². The van der Waals surface area contributed by atoms with Gasteiger partial charge in [0, 0.05) is 0 Å². The van der Waals surface area contributed by atoms with E-state index in [4.69, 9.17) is 0 Å². The third kappa shape index (κ3) is 3.33. The molecule has 0 saturated heterocycles. The maximum atomic E-state index is 11.7. The molecule has 0 radical (unpaired) electrons. The number of rotatable bonds is 2. The molecule has 5 nitrogen and oxygen atoms in total. The van der Waals surface area contributed by atoms with Gasteiger partial charge in [-0.05, 0) is 40.2 Å². The maximum absolute atomic E-state index is 11.7. The Morgan fingerprint density at radius 2 is 1.74 bits per heavy atom. The summed E-state index contributed by atoms with van der Waals surface area (Å²) in [5, 5.41) is 9.49. The summed E-state index contributed by atoms with van der Waals surface area (Å²) in [5.74, 6) is -1.14. The van der Waals surface area contributed by atoms with Crippen LogP contribution in [-0.2, 0) is 0 Å². The largest absolute Gasteiger partial charge is 0.507 e. The molecule has 2 aromatic rings. The van der Waals surface area contributed by atoms with E-state index in [-0.39, 0.29) is 11.3 Å². The molecule has 3 N–H and O–H groups in total. The number of hydrogen-bond donors (Lipinski definition) is 3. The molecule has 7 heteroatoms. The highest BCUT2D eigenvalue weighted by molar-refractivity contribution is 9.11. The lowest BCUT2D eigenvalue weighted by molar-refractivity contribution is 0.0847. The first kappa shape index (κ1) is 13.6. The van der Waals surface area contributed by atoms with Crippen LogP contribution in [0.2, 0.25) is 0 Å². The lowest BCUT2D eigenvalue weighted by Crippen LogP contribution is -2.41. The van der Waals surface area contributed by atoms with Gasteiger partial charge in [0.1, 0.15) is 5.75 Å². The second kappa shape index (κ2) is 5.85. The van der Waals surface area contributed by atoms with E-state index in [0.717, 1.165) is 3.79 Å². The predicted molar refractivity (Wildman–Crippen MR) is 75.1 cm³/mol. The highest BCUT2D eigenvalue weighted by Crippen LogP contribution is 2.21. The SMILES string of the molecule is O=C(NNC(=O)c1ccccc1O)c1ccc(Br)s1. The Morgan fingerprint density at radius 1 is 1.05 bits per heavy atom. The van der Waals surface area contributed by atoms with Crippen LogP contribution in [0.3, 0.4) is 0 Å². The number of hydrogen-bond acceptors (Lipinski definition) is 4. The molecule has 0 bridgehead atoms. The molecule has 1 heterocycles. The summed E-state index contributed by atoms with van der Waals surface area (Å²) in [6.07, 6.45) is 0. The third-order valence-corrected chi connectivity index (χ3v) is 3.86. The minimum absolute atomic E-state index is 0.0927. The molecule has 1 aromatic heterocycles. The first-order valence-corrected chi connectivity index (χ1v) is 6.83. The molecule has 19 heavy (non-hydrogen) atoms. The van der Waals surface area contributed by atoms with Gasteiger partial charge in [0.15, 0.2) is 0 Å². The van der Waals surface area contributed by atoms with Crippen molar-refractivity contribution >= 4 is 39.1 Å². The zero-order valence-corrected chi connectivity index (χ0v) is 11.9. The van der Waals surface area contributed by atoms with Gasteiger partial charge >= 0.3 is 0 Å². The molecule has 98 valence electrons. The highest BCUT2D eigenvalue weighted by atomic mass is 79.9. The van der Waals surface area contributed by atoms with Gasteiger partial charge in [-0.3, -0.25) is 20.4 Å². The number of nitrogens with one attached hydrogen (secondary N) is 2. The van der Waals surface area contributed by atoms with E-state index in [1.165, 1.54) is 23.5 Å². The number of carbonyl (C=O) groups is 2. The molecule has 0 saturated carbocycles. The number of amides is 2. The first-order valence-electron chi connectivity index (χ1n) is 5.22. The van der Waals surface area contributed by atoms with E-state index in [2.05, 4.69) is 26.8 Å². The summed E-state index contributed by atoms with van der Waals surface area (Å²) in [4.78, 5) is 23.9. The van der Waals surface area contributed by atoms with Crippen LogP contribution >= 0.6 is 27.3 Å². The number of thiophene rings is 1. The van der Waals surface area contributed by atoms with Crippen molar-refractivity contribution in [1.82, 2.24) is 10.9 Å². The van der Waals surface area contributed by atoms with Crippen molar-refractivity contribution < 1.29 is 14.7 Å². The second-order valence-electron chi connectivity index (χ2n) is 3.53. The van der Waals surface area contributed by atoms with Crippen LogP contribution in [0.1, 0.15) is 20.0 Å². The predicted octanol–water partition coefficient (Wildman–Crippen LogP) is 2.29. The minimum Gasteiger partial charge on any atom is -0.507 e. The van der Waals surface area contributed by atoms with Crippen LogP contribution in [0.15, 0.2) is 40.2 Å². The van der Waals surface area contributed by atoms with E-state index in [0.29, 0.717) is 4.88 Å². The lowest BCUT2D eigenvalue weighted by atomic mass is 10.2. The van der Waals surface area contributed by atoms with Gasteiger partial charge in [-0.25, -0.2) is 0 Å². The second-order valence-corrected chi connectivity index (χ2v) is 5.99. The Balaban J connectivity index is 1.98. The average Bonchev–Trinajstić information content (AvgIpc) is 2.83. The fourth-order valence-corrected chi connectivity index (χ4v) is 2.63. The first-order chi connectivity index (χ1) is 9.08. The molecule has 0 atom stereocenters. The van der Waals surface area contributed by atoms with E-state index in [9.17, 15) is 14.7 Å². The van der Waals surface area contributed by atoms with Crippen molar-refractivity contribution in [3.05, 3.63) is 50.6 Å². The minimum atomic E-state index is -0.581. The summed E-state index contributed by atoms with van der Waals surface area (Å²) in [7, 11) is 0. The molecule has 0 aliphatic rings. The quantitative estimate of drug-likeness (QED) is 0.734. The van der Waals surface area contributed by atoms with Gasteiger partial charge in [-0.1, -0.05) is 12.1 Å². The van der Waals surface area contributed by atoms with Gasteiger partial charge in [0.2, 0.25) is 0 Å². The van der Waals surface area contributed by atoms with Crippen molar-refractivity contribution in [3.63, 3.8) is 0 Å². The number of hydrazine groups is 1. The molecule has 0 unspecified atom stereocenters. The summed E-state index contributed by atoms with van der Waals surface area (Å²) >= 11 is 4.50. The number of phenolic OH excluding ortho intramolecular Hbond substituents is 1. The number of carbonyl (C=O) groups excluding carboxylic acids is 2. The van der Waals surface area contributed by atoms with Crippen LogP contribution in [0.25, 0.3) is 0 Å². The zero-order chi connectivity index (χ0) is 13.8. The van der Waals surface area contributed by atoms with Gasteiger partial charge in [0.25, 0.3) is 11.8 Å². The number of aromatic hydroxyl groups is 1. The molecule has 2 rings (SSSR count). The summed E-state index contributed by atoms with van der Waals surface area (Å²) in [6, 6.07) is 9.45. The van der Waals surface area contributed by atoms with Crippen LogP contribution in [-0.4, -0.2) is 16.9 Å². The van der Waals surface area contributed by atoms with Crippen LogP contribution in [0, 0.1) is 0 Å². The average molecular weight is 341 g/mol. The van der Waals surface area contributed by atoms with Crippen molar-refractivity contribution in [2.45, 2.75) is 0 Å². The Kier molecular flexibility index (Phi) is 4.18. The van der Waals surface area contributed by atoms with Crippen molar-refractivity contribution in [2.24, 2.45) is 0 Å². The monoisotopic (exact) mass is 340 g/mol. The van der Waals surface area contributed by atoms with Gasteiger partial charge in [0.05, 0.1) is 14.2 Å². The molecule has 0 fully saturated rings. The van der Waals surface area contributed by atoms with Crippen LogP contribution in [0.4, 0.5) is 0 Å². The molecule has 1 aromatic carbocycles. The van der Waals surface area contributed by atoms with Gasteiger partial charge < -0.3 is 5.11 Å². The van der Waals surface area contributed by atoms with Gasteiger partial charge in [-0.15, -0.1) is 11.3 Å². The molecular weight excluding hydrogens is 332 g/mol. The lowest BCUT2D eigenvalue weighted by Gasteiger charge is -2.07. The van der Waals surface area contributed by atoms with Crippen LogP contribution < -0.4 is 10.9 Å². The van der Waals surface area contributed by atoms with E-state index >= 15 is 0 Å². The van der Waals surface area contributed by atoms with Crippen molar-refractivity contribution in [3.8, 4) is 5.75 Å². The van der Waals surface area contributed by atoms with Crippen molar-refractivity contribution in [2.75, 3.05) is 0 Å². The summed E-state index contributed by atoms with van der Waals surface area (Å²) in [6.45, 7) is 0. The Morgan fingerprint density at radius 3 is 2.37 bits per heavy atom. The van der Waals surface area contributed by atoms with Gasteiger partial charge in [-0.2, -0.15) is 0 Å². The van der Waals surface area contributed by atoms with Crippen molar-refractivity contribution in [1.29, 1.82) is 0 Å². The normalized spacial score (nSPS) is 9.95. The third-order valence-electron chi connectivity index (χ3n) is 2.24. The number of benzene rings is 1. The Bertz CT molecular complexity index is 627. The zero-order valence-electron chi connectivity index (χ0n) is 9.51. The smallest absolute Gasteiger partial charge is 0.279 e.